The average Bonchev–Trinajstić information content (AvgIpc) is 2.67. The summed E-state index contributed by atoms with van der Waals surface area (Å²) in [4.78, 5) is 4.46. The summed E-state index contributed by atoms with van der Waals surface area (Å²) in [6.45, 7) is 2.87. The highest BCUT2D eigenvalue weighted by atomic mass is 32.2. The molecule has 0 bridgehead atoms. The Morgan fingerprint density at radius 1 is 1.25 bits per heavy atom. The maximum atomic E-state index is 9.02. The summed E-state index contributed by atoms with van der Waals surface area (Å²) < 4.78 is 2.19. The van der Waals surface area contributed by atoms with Gasteiger partial charge in [-0.05, 0) is 43.7 Å². The molecule has 0 radical (unpaired) electrons. The first-order valence-electron chi connectivity index (χ1n) is 6.75. The summed E-state index contributed by atoms with van der Waals surface area (Å²) in [6, 6.07) is 5.75. The third-order valence-electron chi connectivity index (χ3n) is 3.33. The number of nitriles is 1. The van der Waals surface area contributed by atoms with Gasteiger partial charge in [-0.25, -0.2) is 4.98 Å². The van der Waals surface area contributed by atoms with Gasteiger partial charge in [0.1, 0.15) is 10.9 Å². The average molecular weight is 285 g/mol. The van der Waals surface area contributed by atoms with Crippen LogP contribution in [0.1, 0.15) is 36.3 Å². The number of hydrogen-bond donors (Lipinski definition) is 0. The third-order valence-corrected chi connectivity index (χ3v) is 4.23. The van der Waals surface area contributed by atoms with E-state index in [-0.39, 0.29) is 0 Å². The Bertz CT molecular complexity index is 671. The molecule has 102 valence electrons. The van der Waals surface area contributed by atoms with Crippen molar-refractivity contribution in [3.8, 4) is 6.07 Å². The van der Waals surface area contributed by atoms with Gasteiger partial charge in [0, 0.05) is 18.7 Å². The van der Waals surface area contributed by atoms with Gasteiger partial charge in [-0.15, -0.1) is 10.2 Å². The van der Waals surface area contributed by atoms with Crippen LogP contribution in [0.4, 0.5) is 0 Å². The number of hydrogen-bond acceptors (Lipinski definition) is 5. The van der Waals surface area contributed by atoms with Crippen LogP contribution in [-0.2, 0) is 13.0 Å². The molecule has 3 rings (SSSR count). The summed E-state index contributed by atoms with van der Waals surface area (Å²) in [7, 11) is 0. The molecule has 0 unspecified atom stereocenters. The molecule has 0 amide bonds. The molecule has 0 fully saturated rings. The Kier molecular flexibility index (Phi) is 3.70. The zero-order chi connectivity index (χ0) is 13.9. The lowest BCUT2D eigenvalue weighted by Crippen LogP contribution is -2.02. The van der Waals surface area contributed by atoms with E-state index in [0.29, 0.717) is 5.56 Å². The highest BCUT2D eigenvalue weighted by Gasteiger charge is 2.16. The molecule has 1 aliphatic heterocycles. The first-order valence-corrected chi connectivity index (χ1v) is 7.56. The van der Waals surface area contributed by atoms with E-state index < -0.39 is 0 Å². The van der Waals surface area contributed by atoms with Crippen molar-refractivity contribution in [2.24, 2.45) is 0 Å². The number of pyridine rings is 1. The maximum Gasteiger partial charge on any atom is 0.197 e. The van der Waals surface area contributed by atoms with Gasteiger partial charge >= 0.3 is 0 Å². The van der Waals surface area contributed by atoms with E-state index in [0.717, 1.165) is 34.7 Å². The van der Waals surface area contributed by atoms with Crippen LogP contribution >= 0.6 is 11.8 Å². The minimum atomic E-state index is 0.635. The van der Waals surface area contributed by atoms with Crippen LogP contribution in [0.25, 0.3) is 0 Å². The van der Waals surface area contributed by atoms with Crippen LogP contribution in [0, 0.1) is 18.3 Å². The Morgan fingerprint density at radius 2 is 2.15 bits per heavy atom. The lowest BCUT2D eigenvalue weighted by atomic mass is 10.2. The van der Waals surface area contributed by atoms with Crippen molar-refractivity contribution >= 4 is 11.8 Å². The molecule has 0 saturated heterocycles. The molecule has 6 heteroatoms. The van der Waals surface area contributed by atoms with Crippen molar-refractivity contribution in [2.75, 3.05) is 0 Å². The fourth-order valence-corrected chi connectivity index (χ4v) is 3.33. The summed E-state index contributed by atoms with van der Waals surface area (Å²) in [5, 5.41) is 19.3. The predicted octanol–water partition coefficient (Wildman–Crippen LogP) is 2.73. The van der Waals surface area contributed by atoms with Crippen LogP contribution in [-0.4, -0.2) is 19.7 Å². The fraction of sp³-hybridized carbons (Fsp3) is 0.429. The van der Waals surface area contributed by atoms with Crippen molar-refractivity contribution in [3.05, 3.63) is 29.2 Å². The van der Waals surface area contributed by atoms with Gasteiger partial charge in [0.15, 0.2) is 5.16 Å². The smallest absolute Gasteiger partial charge is 0.197 e. The van der Waals surface area contributed by atoms with Gasteiger partial charge in [-0.3, -0.25) is 0 Å². The zero-order valence-corrected chi connectivity index (χ0v) is 12.2. The monoisotopic (exact) mass is 285 g/mol. The lowest BCUT2D eigenvalue weighted by molar-refractivity contribution is 0.590. The SMILES string of the molecule is Cc1cc(C#N)cc(Sc2nnc3n2CCCCC3)n1. The first kappa shape index (κ1) is 13.1. The van der Waals surface area contributed by atoms with Crippen molar-refractivity contribution in [2.45, 2.75) is 49.3 Å². The number of aromatic nitrogens is 4. The molecule has 1 aliphatic rings. The van der Waals surface area contributed by atoms with E-state index >= 15 is 0 Å². The number of rotatable bonds is 2. The fourth-order valence-electron chi connectivity index (χ4n) is 2.38. The van der Waals surface area contributed by atoms with Crippen molar-refractivity contribution in [1.29, 1.82) is 5.26 Å². The normalized spacial score (nSPS) is 14.4. The van der Waals surface area contributed by atoms with Crippen molar-refractivity contribution in [1.82, 2.24) is 19.7 Å². The van der Waals surface area contributed by atoms with E-state index in [4.69, 9.17) is 5.26 Å². The second-order valence-corrected chi connectivity index (χ2v) is 5.90. The molecule has 3 heterocycles. The van der Waals surface area contributed by atoms with Crippen molar-refractivity contribution < 1.29 is 0 Å². The van der Waals surface area contributed by atoms with E-state index in [1.165, 1.54) is 31.0 Å². The first-order chi connectivity index (χ1) is 9.76. The molecule has 0 saturated carbocycles. The molecule has 0 atom stereocenters. The van der Waals surface area contributed by atoms with Gasteiger partial charge < -0.3 is 4.57 Å². The van der Waals surface area contributed by atoms with E-state index in [1.54, 1.807) is 12.1 Å². The van der Waals surface area contributed by atoms with E-state index in [1.807, 2.05) is 6.92 Å². The number of aryl methyl sites for hydroxylation is 2. The molecular formula is C14H15N5S. The van der Waals surface area contributed by atoms with Crippen LogP contribution in [0.3, 0.4) is 0 Å². The van der Waals surface area contributed by atoms with Gasteiger partial charge in [0.05, 0.1) is 11.6 Å². The van der Waals surface area contributed by atoms with Gasteiger partial charge in [-0.2, -0.15) is 5.26 Å². The number of nitrogens with zero attached hydrogens (tertiary/aromatic N) is 5. The molecule has 0 aromatic carbocycles. The Labute approximate surface area is 122 Å². The molecular weight excluding hydrogens is 270 g/mol. The molecule has 5 nitrogen and oxygen atoms in total. The largest absolute Gasteiger partial charge is 0.306 e. The van der Waals surface area contributed by atoms with Crippen LogP contribution in [0.5, 0.6) is 0 Å². The highest BCUT2D eigenvalue weighted by Crippen LogP contribution is 2.28. The minimum Gasteiger partial charge on any atom is -0.306 e. The summed E-state index contributed by atoms with van der Waals surface area (Å²) in [6.07, 6.45) is 4.60. The van der Waals surface area contributed by atoms with Crippen LogP contribution < -0.4 is 0 Å². The van der Waals surface area contributed by atoms with E-state index in [2.05, 4.69) is 25.8 Å². The van der Waals surface area contributed by atoms with Gasteiger partial charge in [-0.1, -0.05) is 6.42 Å². The second-order valence-electron chi connectivity index (χ2n) is 4.91. The molecule has 20 heavy (non-hydrogen) atoms. The van der Waals surface area contributed by atoms with E-state index in [9.17, 15) is 0 Å². The van der Waals surface area contributed by atoms with Crippen LogP contribution in [0.15, 0.2) is 22.3 Å². The highest BCUT2D eigenvalue weighted by molar-refractivity contribution is 7.99. The van der Waals surface area contributed by atoms with Crippen molar-refractivity contribution in [3.63, 3.8) is 0 Å². The quantitative estimate of drug-likeness (QED) is 0.848. The Balaban J connectivity index is 1.90. The predicted molar refractivity (Wildman–Crippen MR) is 75.4 cm³/mol. The van der Waals surface area contributed by atoms with Gasteiger partial charge in [0.2, 0.25) is 0 Å². The molecule has 0 spiro atoms. The minimum absolute atomic E-state index is 0.635. The summed E-state index contributed by atoms with van der Waals surface area (Å²) >= 11 is 1.49. The third kappa shape index (κ3) is 2.68. The molecule has 0 aliphatic carbocycles. The Hall–Kier alpha value is -1.87. The molecule has 2 aromatic heterocycles. The standard InChI is InChI=1S/C14H15N5S/c1-10-7-11(9-15)8-13(16-10)20-14-18-17-12-5-3-2-4-6-19(12)14/h7-8H,2-6H2,1H3. The van der Waals surface area contributed by atoms with Gasteiger partial charge in [0.25, 0.3) is 0 Å². The Morgan fingerprint density at radius 3 is 3.00 bits per heavy atom. The lowest BCUT2D eigenvalue weighted by Gasteiger charge is -2.06. The molecule has 0 N–H and O–H groups in total. The summed E-state index contributed by atoms with van der Waals surface area (Å²) in [5.41, 5.74) is 1.48. The molecule has 2 aromatic rings. The zero-order valence-electron chi connectivity index (χ0n) is 11.3. The number of fused-ring (bicyclic) bond motifs is 1. The second kappa shape index (κ2) is 5.63. The maximum absolute atomic E-state index is 9.02. The topological polar surface area (TPSA) is 67.4 Å². The van der Waals surface area contributed by atoms with Crippen LogP contribution in [0.2, 0.25) is 0 Å². The summed E-state index contributed by atoms with van der Waals surface area (Å²) in [5.74, 6) is 1.07.